The highest BCUT2D eigenvalue weighted by molar-refractivity contribution is 14.1. The molecule has 3 rings (SSSR count). The van der Waals surface area contributed by atoms with Gasteiger partial charge in [-0.1, -0.05) is 0 Å². The van der Waals surface area contributed by atoms with Crippen molar-refractivity contribution in [3.05, 3.63) is 47.6 Å². The lowest BCUT2D eigenvalue weighted by Gasteiger charge is -2.28. The number of hydrogen-bond donors (Lipinski definition) is 0. The average molecular weight is 566 g/mol. The molecule has 1 unspecified atom stereocenters. The van der Waals surface area contributed by atoms with E-state index in [0.717, 1.165) is 12.2 Å². The third-order valence-electron chi connectivity index (χ3n) is 4.00. The van der Waals surface area contributed by atoms with E-state index in [1.165, 1.54) is 23.3 Å². The van der Waals surface area contributed by atoms with Gasteiger partial charge in [0.1, 0.15) is 5.75 Å². The summed E-state index contributed by atoms with van der Waals surface area (Å²) in [6, 6.07) is 6.38. The van der Waals surface area contributed by atoms with Gasteiger partial charge in [0.05, 0.1) is 22.5 Å². The van der Waals surface area contributed by atoms with E-state index >= 15 is 0 Å². The van der Waals surface area contributed by atoms with Crippen LogP contribution in [0.1, 0.15) is 33.8 Å². The van der Waals surface area contributed by atoms with Crippen molar-refractivity contribution in [2.24, 2.45) is 0 Å². The summed E-state index contributed by atoms with van der Waals surface area (Å²) in [6.07, 6.45) is 0. The molecular weight excluding hydrogens is 549 g/mol. The lowest BCUT2D eigenvalue weighted by Crippen LogP contribution is -2.36. The van der Waals surface area contributed by atoms with E-state index in [1.54, 1.807) is 19.1 Å². The van der Waals surface area contributed by atoms with E-state index in [2.05, 4.69) is 38.5 Å². The second-order valence-corrected chi connectivity index (χ2v) is 9.47. The van der Waals surface area contributed by atoms with E-state index < -0.39 is 12.0 Å². The Labute approximate surface area is 183 Å². The second-order valence-electron chi connectivity index (χ2n) is 5.71. The highest BCUT2D eigenvalue weighted by Crippen LogP contribution is 2.40. The number of benzene rings is 1. The molecule has 0 radical (unpaired) electrons. The van der Waals surface area contributed by atoms with Gasteiger partial charge < -0.3 is 19.1 Å². The molecule has 0 spiro atoms. The molecular formula is C18H17BrINO5S. The molecule has 0 aliphatic carbocycles. The number of esters is 1. The van der Waals surface area contributed by atoms with Crippen molar-refractivity contribution in [3.63, 3.8) is 0 Å². The third-order valence-corrected chi connectivity index (χ3v) is 6.30. The molecule has 144 valence electrons. The molecule has 0 saturated carbocycles. The van der Waals surface area contributed by atoms with Crippen LogP contribution < -0.4 is 4.74 Å². The number of ether oxygens (including phenoxy) is 3. The van der Waals surface area contributed by atoms with E-state index in [0.29, 0.717) is 23.4 Å². The number of amides is 1. The molecule has 1 amide bonds. The zero-order valence-corrected chi connectivity index (χ0v) is 19.2. The summed E-state index contributed by atoms with van der Waals surface area (Å²) < 4.78 is 17.7. The number of carbonyl (C=O) groups is 2. The molecule has 1 aromatic carbocycles. The minimum absolute atomic E-state index is 0.0391. The monoisotopic (exact) mass is 565 g/mol. The third kappa shape index (κ3) is 4.30. The number of hydrogen-bond acceptors (Lipinski definition) is 6. The molecule has 9 heteroatoms. The average Bonchev–Trinajstić information content (AvgIpc) is 3.13. The normalized spacial score (nSPS) is 14.2. The largest absolute Gasteiger partial charge is 0.467 e. The first-order chi connectivity index (χ1) is 13.0. The lowest BCUT2D eigenvalue weighted by molar-refractivity contribution is -0.149. The number of methoxy groups -OCH3 is 1. The van der Waals surface area contributed by atoms with Gasteiger partial charge in [-0.05, 0) is 69.7 Å². The van der Waals surface area contributed by atoms with Crippen molar-refractivity contribution < 1.29 is 23.8 Å². The van der Waals surface area contributed by atoms with E-state index in [-0.39, 0.29) is 19.3 Å². The minimum Gasteiger partial charge on any atom is -0.467 e. The Hall–Kier alpha value is -1.17. The molecule has 1 aliphatic rings. The molecule has 1 aliphatic heterocycles. The summed E-state index contributed by atoms with van der Waals surface area (Å²) in [5.41, 5.74) is 1.20. The van der Waals surface area contributed by atoms with Crippen LogP contribution in [0.4, 0.5) is 0 Å². The van der Waals surface area contributed by atoms with Crippen molar-refractivity contribution in [1.29, 1.82) is 0 Å². The van der Waals surface area contributed by atoms with Crippen LogP contribution in [0.15, 0.2) is 28.1 Å². The van der Waals surface area contributed by atoms with Crippen LogP contribution in [0.2, 0.25) is 0 Å². The van der Waals surface area contributed by atoms with Crippen molar-refractivity contribution in [2.75, 3.05) is 20.5 Å². The van der Waals surface area contributed by atoms with Crippen LogP contribution in [-0.2, 0) is 20.8 Å². The summed E-state index contributed by atoms with van der Waals surface area (Å²) in [5, 5.41) is 0. The predicted octanol–water partition coefficient (Wildman–Crippen LogP) is 4.36. The van der Waals surface area contributed by atoms with Crippen LogP contribution in [-0.4, -0.2) is 37.3 Å². The summed E-state index contributed by atoms with van der Waals surface area (Å²) in [4.78, 5) is 28.3. The summed E-state index contributed by atoms with van der Waals surface area (Å²) >= 11 is 7.07. The molecule has 2 heterocycles. The maximum absolute atomic E-state index is 13.0. The van der Waals surface area contributed by atoms with E-state index in [4.69, 9.17) is 14.2 Å². The summed E-state index contributed by atoms with van der Waals surface area (Å²) in [5.74, 6) is -0.189. The Bertz CT molecular complexity index is 871. The summed E-state index contributed by atoms with van der Waals surface area (Å²) in [6.45, 7) is 2.36. The maximum Gasteiger partial charge on any atom is 0.333 e. The summed E-state index contributed by atoms with van der Waals surface area (Å²) in [7, 11) is 1.52. The molecule has 0 bridgehead atoms. The molecule has 2 aromatic rings. The molecule has 1 atom stereocenters. The van der Waals surface area contributed by atoms with Gasteiger partial charge in [0, 0.05) is 21.1 Å². The fraction of sp³-hybridized carbons (Fsp3) is 0.333. The fourth-order valence-electron chi connectivity index (χ4n) is 2.91. The highest BCUT2D eigenvalue weighted by atomic mass is 127. The van der Waals surface area contributed by atoms with Crippen molar-refractivity contribution >= 4 is 61.7 Å². The topological polar surface area (TPSA) is 65.1 Å². The molecule has 0 N–H and O–H groups in total. The molecule has 6 nitrogen and oxygen atoms in total. The van der Waals surface area contributed by atoms with Gasteiger partial charge in [-0.15, -0.1) is 11.3 Å². The first-order valence-corrected chi connectivity index (χ1v) is 10.8. The van der Waals surface area contributed by atoms with E-state index in [9.17, 15) is 9.59 Å². The standard InChI is InChI=1S/C18H17BrINO5S/c1-3-25-18(23)16(11-6-10(20)4-5-13(11)26-9-24-2)21-8-14-12(17(21)22)7-15(19)27-14/h4-7,16H,3,8-9H2,1-2H3. The van der Waals surface area contributed by atoms with Gasteiger partial charge in [0.25, 0.3) is 5.91 Å². The van der Waals surface area contributed by atoms with Crippen LogP contribution in [0.5, 0.6) is 5.75 Å². The highest BCUT2D eigenvalue weighted by Gasteiger charge is 2.40. The van der Waals surface area contributed by atoms with Crippen molar-refractivity contribution in [3.8, 4) is 5.75 Å². The quantitative estimate of drug-likeness (QED) is 0.284. The predicted molar refractivity (Wildman–Crippen MR) is 113 cm³/mol. The Kier molecular flexibility index (Phi) is 6.77. The zero-order valence-electron chi connectivity index (χ0n) is 14.7. The van der Waals surface area contributed by atoms with Crippen LogP contribution >= 0.6 is 49.9 Å². The molecule has 0 saturated heterocycles. The smallest absolute Gasteiger partial charge is 0.333 e. The van der Waals surface area contributed by atoms with Crippen LogP contribution in [0, 0.1) is 3.57 Å². The van der Waals surface area contributed by atoms with Crippen molar-refractivity contribution in [2.45, 2.75) is 19.5 Å². The first-order valence-electron chi connectivity index (χ1n) is 8.13. The van der Waals surface area contributed by atoms with Crippen LogP contribution in [0.25, 0.3) is 0 Å². The van der Waals surface area contributed by atoms with Gasteiger partial charge in [0.2, 0.25) is 0 Å². The SMILES string of the molecule is CCOC(=O)C(c1cc(I)ccc1OCOC)N1Cc2sc(Br)cc2C1=O. The van der Waals surface area contributed by atoms with Gasteiger partial charge >= 0.3 is 5.97 Å². The van der Waals surface area contributed by atoms with Gasteiger partial charge in [-0.2, -0.15) is 0 Å². The molecule has 27 heavy (non-hydrogen) atoms. The molecule has 0 fully saturated rings. The Morgan fingerprint density at radius 3 is 2.85 bits per heavy atom. The van der Waals surface area contributed by atoms with E-state index in [1.807, 2.05) is 12.1 Å². The Morgan fingerprint density at radius 1 is 1.41 bits per heavy atom. The first kappa shape index (κ1) is 20.6. The van der Waals surface area contributed by atoms with Gasteiger partial charge in [-0.3, -0.25) is 4.79 Å². The number of halogens is 2. The van der Waals surface area contributed by atoms with Gasteiger partial charge in [-0.25, -0.2) is 4.79 Å². The van der Waals surface area contributed by atoms with Gasteiger partial charge in [0.15, 0.2) is 12.8 Å². The molecule has 1 aromatic heterocycles. The number of nitrogens with zero attached hydrogens (tertiary/aromatic N) is 1. The maximum atomic E-state index is 13.0. The second kappa shape index (κ2) is 8.89. The minimum atomic E-state index is -0.891. The Morgan fingerprint density at radius 2 is 2.19 bits per heavy atom. The Balaban J connectivity index is 2.03. The lowest BCUT2D eigenvalue weighted by atomic mass is 10.0. The number of thiophene rings is 1. The zero-order chi connectivity index (χ0) is 19.6. The number of rotatable bonds is 7. The number of fused-ring (bicyclic) bond motifs is 1. The fourth-order valence-corrected chi connectivity index (χ4v) is 5.12. The van der Waals surface area contributed by atoms with Crippen molar-refractivity contribution in [1.82, 2.24) is 4.90 Å². The van der Waals surface area contributed by atoms with Crippen LogP contribution in [0.3, 0.4) is 0 Å². The number of carbonyl (C=O) groups excluding carboxylic acids is 2.